The molecule has 0 heterocycles. The SMILES string of the molecule is C[C@@H](CCCC(C)(C)O)[C@H]1CC[C@H]2C(=O)CCC[C@H]12. The quantitative estimate of drug-likeness (QED) is 0.818. The smallest absolute Gasteiger partial charge is 0.136 e. The average molecular weight is 266 g/mol. The van der Waals surface area contributed by atoms with Crippen LogP contribution in [-0.4, -0.2) is 16.5 Å². The lowest BCUT2D eigenvalue weighted by molar-refractivity contribution is -0.126. The van der Waals surface area contributed by atoms with Crippen molar-refractivity contribution in [1.82, 2.24) is 0 Å². The second-order valence-electron chi connectivity index (χ2n) is 7.55. The van der Waals surface area contributed by atoms with Gasteiger partial charge in [0.05, 0.1) is 5.60 Å². The van der Waals surface area contributed by atoms with Crippen molar-refractivity contribution in [3.05, 3.63) is 0 Å². The zero-order chi connectivity index (χ0) is 14.0. The lowest BCUT2D eigenvalue weighted by Gasteiger charge is -2.32. The lowest BCUT2D eigenvalue weighted by Crippen LogP contribution is -2.29. The first kappa shape index (κ1) is 15.0. The predicted octanol–water partition coefficient (Wildman–Crippen LogP) is 3.96. The number of hydrogen-bond acceptors (Lipinski definition) is 2. The van der Waals surface area contributed by atoms with E-state index in [1.54, 1.807) is 0 Å². The molecular formula is C17H30O2. The van der Waals surface area contributed by atoms with E-state index in [1.165, 1.54) is 19.3 Å². The number of hydrogen-bond donors (Lipinski definition) is 1. The highest BCUT2D eigenvalue weighted by Gasteiger charge is 2.43. The molecule has 0 aromatic rings. The summed E-state index contributed by atoms with van der Waals surface area (Å²) in [5.74, 6) is 3.09. The van der Waals surface area contributed by atoms with E-state index in [2.05, 4.69) is 6.92 Å². The summed E-state index contributed by atoms with van der Waals surface area (Å²) in [4.78, 5) is 12.0. The second-order valence-corrected chi connectivity index (χ2v) is 7.55. The minimum Gasteiger partial charge on any atom is -0.390 e. The Hall–Kier alpha value is -0.370. The van der Waals surface area contributed by atoms with Gasteiger partial charge < -0.3 is 5.11 Å². The molecule has 0 aromatic heterocycles. The Morgan fingerprint density at radius 2 is 2.05 bits per heavy atom. The van der Waals surface area contributed by atoms with Gasteiger partial charge in [0.25, 0.3) is 0 Å². The molecule has 0 bridgehead atoms. The first-order valence-corrected chi connectivity index (χ1v) is 8.13. The molecule has 2 rings (SSSR count). The minimum atomic E-state index is -0.529. The standard InChI is InChI=1S/C17H30O2/c1-12(6-5-11-17(2,3)19)13-9-10-15-14(13)7-4-8-16(15)18/h12-15,19H,4-11H2,1-3H3/t12-,13+,14+,15+/m0/s1. The number of carbonyl (C=O) groups is 1. The number of carbonyl (C=O) groups excluding carboxylic acids is 1. The predicted molar refractivity (Wildman–Crippen MR) is 77.9 cm³/mol. The molecule has 2 saturated carbocycles. The van der Waals surface area contributed by atoms with E-state index < -0.39 is 5.60 Å². The van der Waals surface area contributed by atoms with Gasteiger partial charge in [-0.3, -0.25) is 4.79 Å². The molecule has 19 heavy (non-hydrogen) atoms. The topological polar surface area (TPSA) is 37.3 Å². The molecule has 110 valence electrons. The van der Waals surface area contributed by atoms with Gasteiger partial charge in [-0.2, -0.15) is 0 Å². The molecule has 2 fully saturated rings. The zero-order valence-electron chi connectivity index (χ0n) is 12.8. The largest absolute Gasteiger partial charge is 0.390 e. The van der Waals surface area contributed by atoms with Crippen LogP contribution in [0, 0.1) is 23.7 Å². The molecule has 0 aliphatic heterocycles. The minimum absolute atomic E-state index is 0.399. The Bertz CT molecular complexity index is 316. The summed E-state index contributed by atoms with van der Waals surface area (Å²) < 4.78 is 0. The van der Waals surface area contributed by atoms with Crippen molar-refractivity contribution < 1.29 is 9.90 Å². The third-order valence-electron chi connectivity index (χ3n) is 5.43. The van der Waals surface area contributed by atoms with E-state index in [0.29, 0.717) is 23.5 Å². The summed E-state index contributed by atoms with van der Waals surface area (Å²) >= 11 is 0. The molecule has 2 aliphatic rings. The van der Waals surface area contributed by atoms with Gasteiger partial charge in [-0.15, -0.1) is 0 Å². The van der Waals surface area contributed by atoms with E-state index in [0.717, 1.165) is 38.0 Å². The number of Topliss-reactive ketones (excluding diaryl/α,β-unsaturated/α-hetero) is 1. The van der Waals surface area contributed by atoms with Crippen molar-refractivity contribution in [2.45, 2.75) is 77.7 Å². The van der Waals surface area contributed by atoms with Crippen LogP contribution in [0.1, 0.15) is 72.1 Å². The third kappa shape index (κ3) is 3.81. The Labute approximate surface area is 118 Å². The fraction of sp³-hybridized carbons (Fsp3) is 0.941. The van der Waals surface area contributed by atoms with Gasteiger partial charge in [-0.1, -0.05) is 19.8 Å². The molecule has 0 amide bonds. The lowest BCUT2D eigenvalue weighted by atomic mass is 9.73. The van der Waals surface area contributed by atoms with E-state index >= 15 is 0 Å². The molecular weight excluding hydrogens is 236 g/mol. The summed E-state index contributed by atoms with van der Waals surface area (Å²) in [5, 5.41) is 9.77. The Morgan fingerprint density at radius 3 is 2.74 bits per heavy atom. The third-order valence-corrected chi connectivity index (χ3v) is 5.43. The van der Waals surface area contributed by atoms with Gasteiger partial charge in [-0.05, 0) is 63.7 Å². The Morgan fingerprint density at radius 1 is 1.32 bits per heavy atom. The maximum atomic E-state index is 12.0. The molecule has 2 nitrogen and oxygen atoms in total. The van der Waals surface area contributed by atoms with Crippen LogP contribution < -0.4 is 0 Å². The van der Waals surface area contributed by atoms with E-state index in [9.17, 15) is 9.90 Å². The van der Waals surface area contributed by atoms with Gasteiger partial charge >= 0.3 is 0 Å². The van der Waals surface area contributed by atoms with Crippen molar-refractivity contribution in [1.29, 1.82) is 0 Å². The number of rotatable bonds is 5. The van der Waals surface area contributed by atoms with Crippen molar-refractivity contribution in [2.24, 2.45) is 23.7 Å². The highest BCUT2D eigenvalue weighted by atomic mass is 16.3. The molecule has 0 unspecified atom stereocenters. The first-order chi connectivity index (χ1) is 8.88. The van der Waals surface area contributed by atoms with Gasteiger partial charge in [0.15, 0.2) is 0 Å². The van der Waals surface area contributed by atoms with Crippen molar-refractivity contribution in [2.75, 3.05) is 0 Å². The fourth-order valence-corrected chi connectivity index (χ4v) is 4.39. The molecule has 0 aromatic carbocycles. The van der Waals surface area contributed by atoms with Crippen molar-refractivity contribution in [3.8, 4) is 0 Å². The summed E-state index contributed by atoms with van der Waals surface area (Å²) in [6, 6.07) is 0. The van der Waals surface area contributed by atoms with Gasteiger partial charge in [0, 0.05) is 12.3 Å². The normalized spacial score (nSPS) is 33.3. The molecule has 2 heteroatoms. The summed E-state index contributed by atoms with van der Waals surface area (Å²) in [6.07, 6.45) is 8.81. The summed E-state index contributed by atoms with van der Waals surface area (Å²) in [5.41, 5.74) is -0.529. The average Bonchev–Trinajstić information content (AvgIpc) is 2.72. The zero-order valence-corrected chi connectivity index (χ0v) is 12.8. The van der Waals surface area contributed by atoms with E-state index in [4.69, 9.17) is 0 Å². The molecule has 0 spiro atoms. The Kier molecular flexibility index (Phi) is 4.70. The van der Waals surface area contributed by atoms with Crippen molar-refractivity contribution >= 4 is 5.78 Å². The van der Waals surface area contributed by atoms with Crippen LogP contribution in [0.5, 0.6) is 0 Å². The number of ketones is 1. The molecule has 1 N–H and O–H groups in total. The maximum Gasteiger partial charge on any atom is 0.136 e. The van der Waals surface area contributed by atoms with Crippen LogP contribution in [-0.2, 0) is 4.79 Å². The van der Waals surface area contributed by atoms with Crippen LogP contribution in [0.25, 0.3) is 0 Å². The van der Waals surface area contributed by atoms with Crippen LogP contribution in [0.4, 0.5) is 0 Å². The molecule has 4 atom stereocenters. The maximum absolute atomic E-state index is 12.0. The Balaban J connectivity index is 1.83. The fourth-order valence-electron chi connectivity index (χ4n) is 4.39. The van der Waals surface area contributed by atoms with Gasteiger partial charge in [0.2, 0.25) is 0 Å². The highest BCUT2D eigenvalue weighted by Crippen LogP contribution is 2.48. The van der Waals surface area contributed by atoms with Crippen LogP contribution in [0.3, 0.4) is 0 Å². The first-order valence-electron chi connectivity index (χ1n) is 8.13. The summed E-state index contributed by atoms with van der Waals surface area (Å²) in [6.45, 7) is 6.14. The van der Waals surface area contributed by atoms with Gasteiger partial charge in [-0.25, -0.2) is 0 Å². The number of aliphatic hydroxyl groups is 1. The van der Waals surface area contributed by atoms with Crippen LogP contribution >= 0.6 is 0 Å². The van der Waals surface area contributed by atoms with Crippen LogP contribution in [0.15, 0.2) is 0 Å². The molecule has 2 aliphatic carbocycles. The van der Waals surface area contributed by atoms with Crippen LogP contribution in [0.2, 0.25) is 0 Å². The summed E-state index contributed by atoms with van der Waals surface area (Å²) in [7, 11) is 0. The second kappa shape index (κ2) is 5.95. The van der Waals surface area contributed by atoms with E-state index in [1.807, 2.05) is 13.8 Å². The molecule has 0 radical (unpaired) electrons. The number of fused-ring (bicyclic) bond motifs is 1. The molecule has 0 saturated heterocycles. The highest BCUT2D eigenvalue weighted by molar-refractivity contribution is 5.82. The monoisotopic (exact) mass is 266 g/mol. The van der Waals surface area contributed by atoms with Crippen molar-refractivity contribution in [3.63, 3.8) is 0 Å². The van der Waals surface area contributed by atoms with Gasteiger partial charge in [0.1, 0.15) is 5.78 Å². The van der Waals surface area contributed by atoms with E-state index in [-0.39, 0.29) is 0 Å².